The predicted molar refractivity (Wildman–Crippen MR) is 143 cm³/mol. The van der Waals surface area contributed by atoms with Crippen LogP contribution in [0.2, 0.25) is 0 Å². The second kappa shape index (κ2) is 12.4. The van der Waals surface area contributed by atoms with Crippen molar-refractivity contribution < 1.29 is 28.8 Å². The average molecular weight is 504 g/mol. The number of rotatable bonds is 11. The first-order valence-corrected chi connectivity index (χ1v) is 12.5. The van der Waals surface area contributed by atoms with E-state index in [1.54, 1.807) is 12.1 Å². The Labute approximate surface area is 217 Å². The van der Waals surface area contributed by atoms with Crippen LogP contribution in [0.15, 0.2) is 66.7 Å². The fraction of sp³-hybridized carbons (Fsp3) is 0.300. The molecule has 7 heteroatoms. The van der Waals surface area contributed by atoms with Gasteiger partial charge in [0.15, 0.2) is 11.5 Å². The van der Waals surface area contributed by atoms with Crippen LogP contribution in [-0.2, 0) is 4.79 Å². The summed E-state index contributed by atoms with van der Waals surface area (Å²) in [5.74, 6) is 2.29. The molecule has 0 bridgehead atoms. The Bertz CT molecular complexity index is 1230. The Balaban J connectivity index is 1.69. The summed E-state index contributed by atoms with van der Waals surface area (Å²) in [5.41, 5.74) is 5.22. The summed E-state index contributed by atoms with van der Waals surface area (Å²) in [5, 5.41) is 13.2. The minimum atomic E-state index is -0.580. The van der Waals surface area contributed by atoms with Crippen LogP contribution in [0, 0.1) is 0 Å². The molecule has 1 heterocycles. The van der Waals surface area contributed by atoms with Crippen molar-refractivity contribution in [2.24, 2.45) is 0 Å². The first-order valence-electron chi connectivity index (χ1n) is 12.5. The molecular formula is C30H33NO6. The van der Waals surface area contributed by atoms with Crippen molar-refractivity contribution in [2.75, 3.05) is 26.5 Å². The summed E-state index contributed by atoms with van der Waals surface area (Å²) in [6, 6.07) is 21.4. The summed E-state index contributed by atoms with van der Waals surface area (Å²) < 4.78 is 22.2. The van der Waals surface area contributed by atoms with Gasteiger partial charge in [0.05, 0.1) is 0 Å². The number of hydrogen-bond donors (Lipinski definition) is 2. The number of fused-ring (bicyclic) bond motifs is 1. The van der Waals surface area contributed by atoms with Gasteiger partial charge in [-0.25, -0.2) is 0 Å². The molecule has 3 aromatic carbocycles. The molecule has 0 radical (unpaired) electrons. The lowest BCUT2D eigenvalue weighted by molar-refractivity contribution is -0.131. The Kier molecular flexibility index (Phi) is 8.82. The number of hydrogen-bond acceptors (Lipinski definition) is 7. The van der Waals surface area contributed by atoms with Gasteiger partial charge in [0.1, 0.15) is 24.2 Å². The SMILES string of the molecule is CCNCC(O)COc1ccc(C(=C(CC)c2ccc3c(c2)OCO3)c2ccc(OC(C)=O)cc2)cc1. The number of carbonyl (C=O) groups is 1. The lowest BCUT2D eigenvalue weighted by atomic mass is 9.88. The Morgan fingerprint density at radius 2 is 1.54 bits per heavy atom. The summed E-state index contributed by atoms with van der Waals surface area (Å²) in [4.78, 5) is 11.4. The van der Waals surface area contributed by atoms with Gasteiger partial charge in [0.25, 0.3) is 0 Å². The van der Waals surface area contributed by atoms with Gasteiger partial charge in [-0.2, -0.15) is 0 Å². The number of ether oxygens (including phenoxy) is 4. The monoisotopic (exact) mass is 503 g/mol. The maximum Gasteiger partial charge on any atom is 0.308 e. The molecular weight excluding hydrogens is 470 g/mol. The van der Waals surface area contributed by atoms with Crippen molar-refractivity contribution in [2.45, 2.75) is 33.3 Å². The molecule has 0 saturated heterocycles. The topological polar surface area (TPSA) is 86.2 Å². The van der Waals surface area contributed by atoms with E-state index < -0.39 is 6.10 Å². The third-order valence-electron chi connectivity index (χ3n) is 6.00. The van der Waals surface area contributed by atoms with Crippen LogP contribution in [0.1, 0.15) is 43.9 Å². The van der Waals surface area contributed by atoms with Crippen molar-refractivity contribution in [1.29, 1.82) is 0 Å². The van der Waals surface area contributed by atoms with Crippen molar-refractivity contribution >= 4 is 17.1 Å². The zero-order valence-electron chi connectivity index (χ0n) is 21.5. The normalized spacial score (nSPS) is 13.6. The molecule has 4 rings (SSSR count). The van der Waals surface area contributed by atoms with Crippen molar-refractivity contribution in [3.8, 4) is 23.0 Å². The number of carbonyl (C=O) groups excluding carboxylic acids is 1. The van der Waals surface area contributed by atoms with Crippen LogP contribution in [0.3, 0.4) is 0 Å². The van der Waals surface area contributed by atoms with Crippen LogP contribution in [0.25, 0.3) is 11.1 Å². The minimum Gasteiger partial charge on any atom is -0.491 e. The lowest BCUT2D eigenvalue weighted by Gasteiger charge is -2.18. The number of esters is 1. The molecule has 0 aromatic heterocycles. The van der Waals surface area contributed by atoms with Gasteiger partial charge >= 0.3 is 5.97 Å². The highest BCUT2D eigenvalue weighted by Crippen LogP contribution is 2.40. The molecule has 0 saturated carbocycles. The fourth-order valence-corrected chi connectivity index (χ4v) is 4.26. The summed E-state index contributed by atoms with van der Waals surface area (Å²) in [6.07, 6.45) is 0.193. The maximum atomic E-state index is 11.4. The van der Waals surface area contributed by atoms with Gasteiger partial charge in [0.2, 0.25) is 6.79 Å². The van der Waals surface area contributed by atoms with Crippen LogP contribution in [0.4, 0.5) is 0 Å². The molecule has 1 unspecified atom stereocenters. The van der Waals surface area contributed by atoms with Crippen LogP contribution in [0.5, 0.6) is 23.0 Å². The number of likely N-dealkylation sites (N-methyl/N-ethyl adjacent to an activating group) is 1. The smallest absolute Gasteiger partial charge is 0.308 e. The van der Waals surface area contributed by atoms with E-state index in [1.165, 1.54) is 6.92 Å². The van der Waals surface area contributed by atoms with E-state index in [-0.39, 0.29) is 19.4 Å². The quantitative estimate of drug-likeness (QED) is 0.215. The minimum absolute atomic E-state index is 0.212. The zero-order chi connectivity index (χ0) is 26.2. The van der Waals surface area contributed by atoms with Gasteiger partial charge in [-0.15, -0.1) is 0 Å². The summed E-state index contributed by atoms with van der Waals surface area (Å²) in [6.45, 7) is 7.22. The third kappa shape index (κ3) is 6.70. The van der Waals surface area contributed by atoms with E-state index in [4.69, 9.17) is 18.9 Å². The molecule has 0 amide bonds. The fourth-order valence-electron chi connectivity index (χ4n) is 4.26. The van der Waals surface area contributed by atoms with Gasteiger partial charge in [-0.05, 0) is 77.2 Å². The first kappa shape index (κ1) is 26.3. The maximum absolute atomic E-state index is 11.4. The molecule has 1 aliphatic heterocycles. The van der Waals surface area contributed by atoms with E-state index in [9.17, 15) is 9.90 Å². The third-order valence-corrected chi connectivity index (χ3v) is 6.00. The van der Waals surface area contributed by atoms with E-state index >= 15 is 0 Å². The highest BCUT2D eigenvalue weighted by atomic mass is 16.7. The molecule has 1 atom stereocenters. The molecule has 37 heavy (non-hydrogen) atoms. The number of nitrogens with one attached hydrogen (secondary N) is 1. The standard InChI is InChI=1S/C30H33NO6/c1-4-27(23-10-15-28-29(16-23)36-19-35-28)30(22-8-13-26(14-9-22)37-20(3)32)21-6-11-25(12-7-21)34-18-24(33)17-31-5-2/h6-16,24,31,33H,4-5,17-19H2,1-3H3. The Morgan fingerprint density at radius 3 is 2.16 bits per heavy atom. The van der Waals surface area contributed by atoms with Gasteiger partial charge in [0, 0.05) is 13.5 Å². The van der Waals surface area contributed by atoms with Crippen molar-refractivity contribution in [3.63, 3.8) is 0 Å². The van der Waals surface area contributed by atoms with Crippen molar-refractivity contribution in [1.82, 2.24) is 5.32 Å². The van der Waals surface area contributed by atoms with E-state index in [1.807, 2.05) is 61.5 Å². The summed E-state index contributed by atoms with van der Waals surface area (Å²) in [7, 11) is 0. The molecule has 7 nitrogen and oxygen atoms in total. The van der Waals surface area contributed by atoms with Gasteiger partial charge in [-0.3, -0.25) is 4.79 Å². The van der Waals surface area contributed by atoms with Crippen LogP contribution in [-0.4, -0.2) is 43.7 Å². The Hall–Kier alpha value is -3.81. The van der Waals surface area contributed by atoms with E-state index in [2.05, 4.69) is 12.2 Å². The molecule has 1 aliphatic rings. The molecule has 0 aliphatic carbocycles. The average Bonchev–Trinajstić information content (AvgIpc) is 3.38. The molecule has 194 valence electrons. The van der Waals surface area contributed by atoms with E-state index in [0.29, 0.717) is 18.0 Å². The second-order valence-corrected chi connectivity index (χ2v) is 8.69. The highest BCUT2D eigenvalue weighted by Gasteiger charge is 2.18. The first-order chi connectivity index (χ1) is 18.0. The molecule has 0 fully saturated rings. The molecule has 2 N–H and O–H groups in total. The Morgan fingerprint density at radius 1 is 0.919 bits per heavy atom. The number of aliphatic hydroxyl groups is 1. The second-order valence-electron chi connectivity index (χ2n) is 8.69. The van der Waals surface area contributed by atoms with Crippen LogP contribution >= 0.6 is 0 Å². The molecule has 3 aromatic rings. The lowest BCUT2D eigenvalue weighted by Crippen LogP contribution is -2.31. The molecule has 0 spiro atoms. The van der Waals surface area contributed by atoms with Crippen molar-refractivity contribution in [3.05, 3.63) is 83.4 Å². The largest absolute Gasteiger partial charge is 0.491 e. The highest BCUT2D eigenvalue weighted by molar-refractivity contribution is 5.99. The van der Waals surface area contributed by atoms with Gasteiger partial charge in [-0.1, -0.05) is 44.2 Å². The number of benzene rings is 3. The number of aliphatic hydroxyl groups excluding tert-OH is 1. The predicted octanol–water partition coefficient (Wildman–Crippen LogP) is 5.06. The zero-order valence-corrected chi connectivity index (χ0v) is 21.5. The van der Waals surface area contributed by atoms with Crippen LogP contribution < -0.4 is 24.3 Å². The number of allylic oxidation sites excluding steroid dienone is 1. The van der Waals surface area contributed by atoms with Gasteiger partial charge < -0.3 is 29.4 Å². The summed E-state index contributed by atoms with van der Waals surface area (Å²) >= 11 is 0. The van der Waals surface area contributed by atoms with E-state index in [0.717, 1.165) is 52.3 Å².